The lowest BCUT2D eigenvalue weighted by atomic mass is 10.2. The van der Waals surface area contributed by atoms with Gasteiger partial charge in [-0.05, 0) is 11.6 Å². The number of carbonyl (C=O) groups is 4. The Morgan fingerprint density at radius 3 is 2.43 bits per heavy atom. The van der Waals surface area contributed by atoms with Crippen molar-refractivity contribution in [2.45, 2.75) is 0 Å². The van der Waals surface area contributed by atoms with E-state index in [1.54, 1.807) is 24.3 Å². The summed E-state index contributed by atoms with van der Waals surface area (Å²) in [7, 11) is 2.47. The van der Waals surface area contributed by atoms with Gasteiger partial charge in [-0.1, -0.05) is 30.3 Å². The van der Waals surface area contributed by atoms with Crippen LogP contribution in [-0.4, -0.2) is 54.9 Å². The molecule has 1 N–H and O–H groups in total. The van der Waals surface area contributed by atoms with Gasteiger partial charge in [-0.25, -0.2) is 9.59 Å². The number of nitrogens with zero attached hydrogens (tertiary/aromatic N) is 2. The standard InChI is InChI=1S/C15H17N3O5/c1-16-14(21)23-17(2)15(22)18(10-11-19)13(20)9-8-12-6-4-3-5-7-12/h3-9,11H,10H2,1-2H3,(H,16,21). The molecule has 4 amide bonds. The average Bonchev–Trinajstić information content (AvgIpc) is 2.57. The number of benzene rings is 1. The molecule has 23 heavy (non-hydrogen) atoms. The summed E-state index contributed by atoms with van der Waals surface area (Å²) in [4.78, 5) is 51.2. The summed E-state index contributed by atoms with van der Waals surface area (Å²) in [5.74, 6) is -0.710. The Morgan fingerprint density at radius 2 is 1.87 bits per heavy atom. The predicted molar refractivity (Wildman–Crippen MR) is 82.0 cm³/mol. The zero-order valence-corrected chi connectivity index (χ0v) is 12.8. The molecule has 122 valence electrons. The Morgan fingerprint density at radius 1 is 1.22 bits per heavy atom. The van der Waals surface area contributed by atoms with E-state index in [1.807, 2.05) is 6.07 Å². The molecule has 0 saturated heterocycles. The van der Waals surface area contributed by atoms with Gasteiger partial charge in [0.05, 0.1) is 13.6 Å². The highest BCUT2D eigenvalue weighted by Gasteiger charge is 2.25. The molecule has 8 heteroatoms. The van der Waals surface area contributed by atoms with Crippen LogP contribution in [0.2, 0.25) is 0 Å². The van der Waals surface area contributed by atoms with Crippen molar-refractivity contribution in [2.75, 3.05) is 20.6 Å². The summed E-state index contributed by atoms with van der Waals surface area (Å²) in [5.41, 5.74) is 0.759. The van der Waals surface area contributed by atoms with Gasteiger partial charge in [0.2, 0.25) is 0 Å². The van der Waals surface area contributed by atoms with Gasteiger partial charge in [0.25, 0.3) is 5.91 Å². The van der Waals surface area contributed by atoms with Gasteiger partial charge in [0.1, 0.15) is 6.29 Å². The van der Waals surface area contributed by atoms with Crippen LogP contribution in [-0.2, 0) is 14.4 Å². The summed E-state index contributed by atoms with van der Waals surface area (Å²) in [6.45, 7) is -0.460. The maximum atomic E-state index is 12.1. The normalized spacial score (nSPS) is 10.0. The van der Waals surface area contributed by atoms with Crippen LogP contribution in [0.1, 0.15) is 5.56 Å². The number of imide groups is 1. The predicted octanol–water partition coefficient (Wildman–Crippen LogP) is 1.05. The average molecular weight is 319 g/mol. The molecule has 1 aromatic carbocycles. The largest absolute Gasteiger partial charge is 0.431 e. The van der Waals surface area contributed by atoms with Crippen LogP contribution in [0.15, 0.2) is 36.4 Å². The molecule has 0 saturated carbocycles. The maximum absolute atomic E-state index is 12.1. The van der Waals surface area contributed by atoms with Crippen molar-refractivity contribution in [2.24, 2.45) is 0 Å². The molecule has 0 spiro atoms. The fourth-order valence-corrected chi connectivity index (χ4v) is 1.54. The van der Waals surface area contributed by atoms with Gasteiger partial charge in [-0.15, -0.1) is 0 Å². The lowest BCUT2D eigenvalue weighted by Gasteiger charge is -2.22. The summed E-state index contributed by atoms with van der Waals surface area (Å²) >= 11 is 0. The van der Waals surface area contributed by atoms with Crippen molar-refractivity contribution in [1.82, 2.24) is 15.3 Å². The van der Waals surface area contributed by atoms with Gasteiger partial charge >= 0.3 is 12.1 Å². The number of rotatable bonds is 4. The molecule has 0 bridgehead atoms. The number of aldehydes is 1. The minimum atomic E-state index is -0.941. The molecule has 0 aliphatic rings. The van der Waals surface area contributed by atoms with Crippen LogP contribution in [0.5, 0.6) is 0 Å². The molecule has 8 nitrogen and oxygen atoms in total. The van der Waals surface area contributed by atoms with E-state index in [4.69, 9.17) is 0 Å². The van der Waals surface area contributed by atoms with Crippen LogP contribution in [0.4, 0.5) is 9.59 Å². The second-order valence-corrected chi connectivity index (χ2v) is 4.27. The summed E-state index contributed by atoms with van der Waals surface area (Å²) in [6, 6.07) is 8.02. The molecule has 1 aromatic rings. The Hall–Kier alpha value is -3.16. The minimum Gasteiger partial charge on any atom is -0.323 e. The number of nitrogens with one attached hydrogen (secondary N) is 1. The van der Waals surface area contributed by atoms with E-state index < -0.39 is 24.6 Å². The van der Waals surface area contributed by atoms with E-state index in [0.29, 0.717) is 16.2 Å². The molecule has 0 heterocycles. The number of urea groups is 1. The number of hydroxylamine groups is 2. The number of amides is 4. The highest BCUT2D eigenvalue weighted by Crippen LogP contribution is 2.04. The van der Waals surface area contributed by atoms with Gasteiger partial charge in [0, 0.05) is 13.1 Å². The Balaban J connectivity index is 2.81. The van der Waals surface area contributed by atoms with Crippen LogP contribution in [0.25, 0.3) is 6.08 Å². The van der Waals surface area contributed by atoms with Gasteiger partial charge in [0.15, 0.2) is 0 Å². The lowest BCUT2D eigenvalue weighted by Crippen LogP contribution is -2.46. The molecule has 0 aliphatic heterocycles. The van der Waals surface area contributed by atoms with Crippen molar-refractivity contribution in [3.8, 4) is 0 Å². The first-order valence-electron chi connectivity index (χ1n) is 6.65. The molecule has 1 rings (SSSR count). The highest BCUT2D eigenvalue weighted by molar-refractivity contribution is 6.03. The first-order valence-corrected chi connectivity index (χ1v) is 6.65. The van der Waals surface area contributed by atoms with Gasteiger partial charge in [-0.3, -0.25) is 9.69 Å². The third-order valence-electron chi connectivity index (χ3n) is 2.67. The number of carbonyl (C=O) groups excluding carboxylic acids is 4. The zero-order chi connectivity index (χ0) is 17.2. The van der Waals surface area contributed by atoms with Crippen LogP contribution >= 0.6 is 0 Å². The topological polar surface area (TPSA) is 96.0 Å². The molecular weight excluding hydrogens is 302 g/mol. The second kappa shape index (κ2) is 8.98. The highest BCUT2D eigenvalue weighted by atomic mass is 16.7. The molecule has 0 fully saturated rings. The Labute approximate surface area is 133 Å². The monoisotopic (exact) mass is 319 g/mol. The van der Waals surface area contributed by atoms with Crippen molar-refractivity contribution >= 4 is 30.4 Å². The van der Waals surface area contributed by atoms with Crippen molar-refractivity contribution in [3.63, 3.8) is 0 Å². The second-order valence-electron chi connectivity index (χ2n) is 4.27. The third kappa shape index (κ3) is 5.62. The summed E-state index contributed by atoms with van der Waals surface area (Å²) < 4.78 is 0. The fourth-order valence-electron chi connectivity index (χ4n) is 1.54. The number of hydrogen-bond donors (Lipinski definition) is 1. The fraction of sp³-hybridized carbons (Fsp3) is 0.200. The van der Waals surface area contributed by atoms with E-state index in [1.165, 1.54) is 13.1 Å². The van der Waals surface area contributed by atoms with Crippen molar-refractivity contribution in [3.05, 3.63) is 42.0 Å². The van der Waals surface area contributed by atoms with E-state index in [2.05, 4.69) is 10.2 Å². The summed E-state index contributed by atoms with van der Waals surface area (Å²) in [6.07, 6.45) is 2.19. The summed E-state index contributed by atoms with van der Waals surface area (Å²) in [5, 5.41) is 2.72. The quantitative estimate of drug-likeness (QED) is 0.508. The number of hydrogen-bond acceptors (Lipinski definition) is 5. The van der Waals surface area contributed by atoms with Crippen LogP contribution in [0.3, 0.4) is 0 Å². The van der Waals surface area contributed by atoms with Gasteiger partial charge < -0.3 is 14.9 Å². The van der Waals surface area contributed by atoms with Crippen LogP contribution < -0.4 is 5.32 Å². The van der Waals surface area contributed by atoms with Crippen molar-refractivity contribution < 1.29 is 24.0 Å². The molecule has 0 aromatic heterocycles. The zero-order valence-electron chi connectivity index (χ0n) is 12.8. The van der Waals surface area contributed by atoms with Gasteiger partial charge in [-0.2, -0.15) is 5.06 Å². The molecular formula is C15H17N3O5. The van der Waals surface area contributed by atoms with E-state index >= 15 is 0 Å². The van der Waals surface area contributed by atoms with E-state index in [-0.39, 0.29) is 0 Å². The maximum Gasteiger partial charge on any atom is 0.431 e. The third-order valence-corrected chi connectivity index (χ3v) is 2.67. The molecule has 0 radical (unpaired) electrons. The van der Waals surface area contributed by atoms with Crippen LogP contribution in [0, 0.1) is 0 Å². The van der Waals surface area contributed by atoms with Crippen molar-refractivity contribution in [1.29, 1.82) is 0 Å². The Bertz CT molecular complexity index is 600. The Kier molecular flexibility index (Phi) is 6.99. The molecule has 0 aliphatic carbocycles. The first kappa shape index (κ1) is 17.9. The van der Waals surface area contributed by atoms with E-state index in [9.17, 15) is 19.2 Å². The lowest BCUT2D eigenvalue weighted by molar-refractivity contribution is -0.128. The smallest absolute Gasteiger partial charge is 0.323 e. The molecule has 0 unspecified atom stereocenters. The SMILES string of the molecule is CNC(=O)ON(C)C(=O)N(CC=O)C(=O)C=Cc1ccccc1. The first-order chi connectivity index (χ1) is 11.0. The molecule has 0 atom stereocenters. The van der Waals surface area contributed by atoms with E-state index in [0.717, 1.165) is 18.7 Å². The minimum absolute atomic E-state index is 0.403.